The van der Waals surface area contributed by atoms with Crippen LogP contribution < -0.4 is 5.19 Å². The summed E-state index contributed by atoms with van der Waals surface area (Å²) in [6.45, 7) is 5.38. The highest BCUT2D eigenvalue weighted by Crippen LogP contribution is 2.29. The molecular weight excluding hydrogens is 445 g/mol. The first kappa shape index (κ1) is 24.5. The molecule has 29 heavy (non-hydrogen) atoms. The molecule has 0 aliphatic carbocycles. The molecule has 0 spiro atoms. The van der Waals surface area contributed by atoms with Gasteiger partial charge in [-0.3, -0.25) is 4.18 Å². The second kappa shape index (κ2) is 10.0. The highest BCUT2D eigenvalue weighted by atomic mass is 32.2. The molecule has 1 fully saturated rings. The molecule has 0 saturated carbocycles. The molecule has 0 aromatic heterocycles. The van der Waals surface area contributed by atoms with E-state index < -0.39 is 52.0 Å². The van der Waals surface area contributed by atoms with E-state index in [2.05, 4.69) is 4.18 Å². The van der Waals surface area contributed by atoms with Crippen LogP contribution in [-0.2, 0) is 27.6 Å². The Morgan fingerprint density at radius 2 is 1.72 bits per heavy atom. The molecule has 0 bridgehead atoms. The van der Waals surface area contributed by atoms with Crippen LogP contribution in [0.1, 0.15) is 20.8 Å². The van der Waals surface area contributed by atoms with Crippen molar-refractivity contribution in [3.8, 4) is 0 Å². The van der Waals surface area contributed by atoms with Crippen LogP contribution in [0, 0.1) is 0 Å². The van der Waals surface area contributed by atoms with Crippen LogP contribution in [0.4, 0.5) is 13.2 Å². The Bertz CT molecular complexity index is 735. The van der Waals surface area contributed by atoms with Gasteiger partial charge in [-0.2, -0.15) is 21.6 Å². The van der Waals surface area contributed by atoms with Gasteiger partial charge in [0.25, 0.3) is 0 Å². The minimum absolute atomic E-state index is 0.109. The summed E-state index contributed by atoms with van der Waals surface area (Å²) in [6, 6.07) is 11.5. The molecule has 2 atom stereocenters. The van der Waals surface area contributed by atoms with E-state index in [-0.39, 0.29) is 6.61 Å². The van der Waals surface area contributed by atoms with Gasteiger partial charge >= 0.3 is 24.9 Å². The molecule has 1 heterocycles. The van der Waals surface area contributed by atoms with Crippen LogP contribution >= 0.6 is 0 Å². The minimum Gasteiger partial charge on any atom is -0.409 e. The predicted octanol–water partition coefficient (Wildman–Crippen LogP) is 3.05. The second-order valence-corrected chi connectivity index (χ2v) is 14.7. The Labute approximate surface area is 172 Å². The largest absolute Gasteiger partial charge is 0.523 e. The van der Waals surface area contributed by atoms with Crippen LogP contribution in [0.15, 0.2) is 30.3 Å². The highest BCUT2D eigenvalue weighted by Gasteiger charge is 2.49. The van der Waals surface area contributed by atoms with Crippen LogP contribution in [0.3, 0.4) is 0 Å². The van der Waals surface area contributed by atoms with Crippen molar-refractivity contribution in [2.24, 2.45) is 0 Å². The number of rotatable bonds is 9. The standard InChI is InChI=1S/C17H26F3O6SSi2/c1-4-29(5-2,6-3)26-16-13-24-28(14-10-8-7-9-11-14)25-15(16)12-23-27(21,22)17(18,19)20/h7-11,15-16H,4-6,12-13H2,1-3H3/t15-,16+/m0/s1. The zero-order chi connectivity index (χ0) is 21.7. The molecule has 1 aliphatic rings. The van der Waals surface area contributed by atoms with Gasteiger partial charge in [0.05, 0.1) is 25.4 Å². The van der Waals surface area contributed by atoms with Crippen LogP contribution in [0.5, 0.6) is 0 Å². The van der Waals surface area contributed by atoms with Gasteiger partial charge in [-0.05, 0) is 23.3 Å². The van der Waals surface area contributed by atoms with Gasteiger partial charge in [0.15, 0.2) is 8.32 Å². The zero-order valence-electron chi connectivity index (χ0n) is 16.6. The monoisotopic (exact) mass is 471 g/mol. The second-order valence-electron chi connectivity index (χ2n) is 6.71. The first-order valence-corrected chi connectivity index (χ1v) is 14.7. The van der Waals surface area contributed by atoms with E-state index in [0.717, 1.165) is 23.3 Å². The summed E-state index contributed by atoms with van der Waals surface area (Å²) in [5.41, 5.74) is -5.49. The summed E-state index contributed by atoms with van der Waals surface area (Å²) in [7, 11) is -9.86. The van der Waals surface area contributed by atoms with Gasteiger partial charge in [0.1, 0.15) is 0 Å². The molecule has 1 radical (unpaired) electrons. The smallest absolute Gasteiger partial charge is 0.409 e. The van der Waals surface area contributed by atoms with Gasteiger partial charge < -0.3 is 13.3 Å². The van der Waals surface area contributed by atoms with Gasteiger partial charge in [-0.25, -0.2) is 0 Å². The fourth-order valence-electron chi connectivity index (χ4n) is 3.03. The lowest BCUT2D eigenvalue weighted by atomic mass is 10.2. The molecule has 0 amide bonds. The lowest BCUT2D eigenvalue weighted by Gasteiger charge is -2.40. The maximum absolute atomic E-state index is 12.7. The number of alkyl halides is 3. The fraction of sp³-hybridized carbons (Fsp3) is 0.647. The van der Waals surface area contributed by atoms with E-state index in [1.54, 1.807) is 24.3 Å². The predicted molar refractivity (Wildman–Crippen MR) is 106 cm³/mol. The van der Waals surface area contributed by atoms with Crippen molar-refractivity contribution in [3.05, 3.63) is 30.3 Å². The molecule has 1 aliphatic heterocycles. The lowest BCUT2D eigenvalue weighted by Crippen LogP contribution is -2.57. The van der Waals surface area contributed by atoms with Crippen molar-refractivity contribution in [2.45, 2.75) is 56.6 Å². The van der Waals surface area contributed by atoms with E-state index in [4.69, 9.17) is 13.3 Å². The van der Waals surface area contributed by atoms with E-state index in [1.807, 2.05) is 26.8 Å². The maximum Gasteiger partial charge on any atom is 0.523 e. The number of hydrogen-bond acceptors (Lipinski definition) is 6. The normalized spacial score (nSPS) is 22.0. The zero-order valence-corrected chi connectivity index (χ0v) is 19.4. The molecule has 1 aromatic carbocycles. The highest BCUT2D eigenvalue weighted by molar-refractivity contribution is 7.87. The first-order valence-electron chi connectivity index (χ1n) is 9.42. The van der Waals surface area contributed by atoms with Crippen molar-refractivity contribution in [2.75, 3.05) is 13.2 Å². The molecule has 0 unspecified atom stereocenters. The van der Waals surface area contributed by atoms with Crippen molar-refractivity contribution in [1.29, 1.82) is 0 Å². The van der Waals surface area contributed by atoms with Crippen molar-refractivity contribution < 1.29 is 39.1 Å². The number of hydrogen-bond donors (Lipinski definition) is 0. The Morgan fingerprint density at radius 3 is 2.24 bits per heavy atom. The quantitative estimate of drug-likeness (QED) is 0.313. The van der Waals surface area contributed by atoms with Gasteiger partial charge in [-0.1, -0.05) is 51.1 Å². The molecule has 12 heteroatoms. The summed E-state index contributed by atoms with van der Waals surface area (Å²) < 4.78 is 83.0. The molecule has 1 saturated heterocycles. The topological polar surface area (TPSA) is 71.1 Å². The third-order valence-corrected chi connectivity index (χ3v) is 12.5. The number of halogens is 3. The molecule has 0 N–H and O–H groups in total. The minimum atomic E-state index is -5.72. The van der Waals surface area contributed by atoms with Crippen molar-refractivity contribution in [3.63, 3.8) is 0 Å². The van der Waals surface area contributed by atoms with Gasteiger partial charge in [-0.15, -0.1) is 0 Å². The van der Waals surface area contributed by atoms with Crippen molar-refractivity contribution in [1.82, 2.24) is 0 Å². The van der Waals surface area contributed by atoms with Crippen LogP contribution in [0.25, 0.3) is 0 Å². The Balaban J connectivity index is 2.20. The summed E-state index contributed by atoms with van der Waals surface area (Å²) in [5, 5.41) is 0.768. The molecular formula is C17H26F3O6SSi2. The third-order valence-electron chi connectivity index (χ3n) is 5.07. The Kier molecular flexibility index (Phi) is 8.47. The average Bonchev–Trinajstić information content (AvgIpc) is 2.71. The van der Waals surface area contributed by atoms with E-state index >= 15 is 0 Å². The average molecular weight is 472 g/mol. The van der Waals surface area contributed by atoms with E-state index in [0.29, 0.717) is 0 Å². The number of benzene rings is 1. The summed E-state index contributed by atoms with van der Waals surface area (Å²) in [6.07, 6.45) is -1.67. The lowest BCUT2D eigenvalue weighted by molar-refractivity contribution is -0.0714. The SMILES string of the molecule is CC[Si](CC)(CC)O[C@@H]1CO[Si](c2ccccc2)O[C@H]1COS(=O)(=O)C(F)(F)F. The third kappa shape index (κ3) is 6.12. The summed E-state index contributed by atoms with van der Waals surface area (Å²) >= 11 is 0. The Hall–Kier alpha value is -0.766. The maximum atomic E-state index is 12.7. The first-order chi connectivity index (χ1) is 13.6. The van der Waals surface area contributed by atoms with Crippen LogP contribution in [-0.4, -0.2) is 56.9 Å². The summed E-state index contributed by atoms with van der Waals surface area (Å²) in [4.78, 5) is 0. The molecule has 6 nitrogen and oxygen atoms in total. The summed E-state index contributed by atoms with van der Waals surface area (Å²) in [5.74, 6) is 0. The fourth-order valence-corrected chi connectivity index (χ4v) is 7.99. The van der Waals surface area contributed by atoms with Crippen molar-refractivity contribution >= 4 is 32.9 Å². The van der Waals surface area contributed by atoms with Crippen LogP contribution in [0.2, 0.25) is 18.1 Å². The molecule has 2 rings (SSSR count). The van der Waals surface area contributed by atoms with Gasteiger partial charge in [0.2, 0.25) is 0 Å². The molecule has 165 valence electrons. The van der Waals surface area contributed by atoms with Gasteiger partial charge in [0, 0.05) is 0 Å². The van der Waals surface area contributed by atoms with E-state index in [1.165, 1.54) is 0 Å². The Morgan fingerprint density at radius 1 is 1.14 bits per heavy atom. The van der Waals surface area contributed by atoms with E-state index in [9.17, 15) is 21.6 Å². The molecule has 1 aromatic rings.